The molecule has 1 atom stereocenters. The van der Waals surface area contributed by atoms with Gasteiger partial charge < -0.3 is 19.5 Å². The molecule has 0 spiro atoms. The number of nitrogens with one attached hydrogen (secondary N) is 1. The minimum atomic E-state index is 0.00220. The van der Waals surface area contributed by atoms with Crippen molar-refractivity contribution < 1.29 is 19.0 Å². The zero-order chi connectivity index (χ0) is 18.2. The maximum Gasteiger partial charge on any atom is 0.224 e. The Morgan fingerprint density at radius 3 is 2.56 bits per heavy atom. The van der Waals surface area contributed by atoms with E-state index < -0.39 is 0 Å². The third kappa shape index (κ3) is 5.61. The average molecular weight is 350 g/mol. The first-order valence-electron chi connectivity index (χ1n) is 8.84. The number of benzene rings is 1. The number of carbonyl (C=O) groups excluding carboxylic acids is 1. The van der Waals surface area contributed by atoms with E-state index in [-0.39, 0.29) is 5.91 Å². The number of hydrogen-bond acceptors (Lipinski definition) is 5. The van der Waals surface area contributed by atoms with Crippen LogP contribution in [-0.4, -0.2) is 63.9 Å². The quantitative estimate of drug-likeness (QED) is 0.774. The van der Waals surface area contributed by atoms with Gasteiger partial charge in [0, 0.05) is 37.3 Å². The molecule has 6 nitrogen and oxygen atoms in total. The van der Waals surface area contributed by atoms with Crippen LogP contribution in [0, 0.1) is 5.92 Å². The number of amides is 1. The fourth-order valence-corrected chi connectivity index (χ4v) is 3.15. The summed E-state index contributed by atoms with van der Waals surface area (Å²) in [7, 11) is 3.21. The minimum absolute atomic E-state index is 0.00220. The van der Waals surface area contributed by atoms with Crippen molar-refractivity contribution >= 4 is 5.91 Å². The highest BCUT2D eigenvalue weighted by atomic mass is 16.5. The Morgan fingerprint density at radius 2 is 1.96 bits per heavy atom. The molecule has 0 unspecified atom stereocenters. The van der Waals surface area contributed by atoms with Crippen LogP contribution in [0.3, 0.4) is 0 Å². The molecule has 1 amide bonds. The Bertz CT molecular complexity index is 556. The summed E-state index contributed by atoms with van der Waals surface area (Å²) in [5, 5.41) is 3.08. The van der Waals surface area contributed by atoms with E-state index in [0.717, 1.165) is 31.9 Å². The summed E-state index contributed by atoms with van der Waals surface area (Å²) >= 11 is 0. The van der Waals surface area contributed by atoms with Gasteiger partial charge in [-0.05, 0) is 12.0 Å². The van der Waals surface area contributed by atoms with Crippen LogP contribution in [-0.2, 0) is 16.0 Å². The first-order chi connectivity index (χ1) is 12.0. The first-order valence-corrected chi connectivity index (χ1v) is 8.84. The molecule has 140 valence electrons. The third-order valence-corrected chi connectivity index (χ3v) is 4.64. The number of rotatable bonds is 8. The van der Waals surface area contributed by atoms with Gasteiger partial charge >= 0.3 is 0 Å². The fourth-order valence-electron chi connectivity index (χ4n) is 3.15. The SMILES string of the molecule is COc1ccc(CC(=O)NC[C@H](C(C)C)N2CCOCC2)c(OC)c1. The van der Waals surface area contributed by atoms with Crippen LogP contribution >= 0.6 is 0 Å². The van der Waals surface area contributed by atoms with E-state index >= 15 is 0 Å². The van der Waals surface area contributed by atoms with Gasteiger partial charge in [0.2, 0.25) is 5.91 Å². The molecule has 0 radical (unpaired) electrons. The molecule has 1 aromatic carbocycles. The van der Waals surface area contributed by atoms with Gasteiger partial charge in [0.15, 0.2) is 0 Å². The smallest absolute Gasteiger partial charge is 0.224 e. The number of nitrogens with zero attached hydrogens (tertiary/aromatic N) is 1. The number of hydrogen-bond donors (Lipinski definition) is 1. The molecule has 1 aliphatic rings. The predicted molar refractivity (Wildman–Crippen MR) is 97.3 cm³/mol. The van der Waals surface area contributed by atoms with Crippen LogP contribution in [0.2, 0.25) is 0 Å². The first kappa shape index (κ1) is 19.5. The van der Waals surface area contributed by atoms with Gasteiger partial charge in [-0.1, -0.05) is 19.9 Å². The van der Waals surface area contributed by atoms with Crippen LogP contribution < -0.4 is 14.8 Å². The summed E-state index contributed by atoms with van der Waals surface area (Å²) < 4.78 is 16.0. The highest BCUT2D eigenvalue weighted by molar-refractivity contribution is 5.79. The molecule has 1 fully saturated rings. The van der Waals surface area contributed by atoms with Crippen molar-refractivity contribution in [2.24, 2.45) is 5.92 Å². The zero-order valence-corrected chi connectivity index (χ0v) is 15.7. The van der Waals surface area contributed by atoms with Gasteiger partial charge in [-0.15, -0.1) is 0 Å². The third-order valence-electron chi connectivity index (χ3n) is 4.64. The van der Waals surface area contributed by atoms with Gasteiger partial charge in [-0.25, -0.2) is 0 Å². The van der Waals surface area contributed by atoms with E-state index in [1.165, 1.54) is 0 Å². The summed E-state index contributed by atoms with van der Waals surface area (Å²) in [5.74, 6) is 1.85. The molecule has 1 aliphatic heterocycles. The Kier molecular flexibility index (Phi) is 7.52. The zero-order valence-electron chi connectivity index (χ0n) is 15.7. The highest BCUT2D eigenvalue weighted by Crippen LogP contribution is 2.25. The van der Waals surface area contributed by atoms with Crippen molar-refractivity contribution in [1.29, 1.82) is 0 Å². The summed E-state index contributed by atoms with van der Waals surface area (Å²) in [6, 6.07) is 5.84. The standard InChI is InChI=1S/C19H30N2O4/c1-14(2)17(21-7-9-25-10-8-21)13-20-19(22)11-15-5-6-16(23-3)12-18(15)24-4/h5-6,12,14,17H,7-11,13H2,1-4H3,(H,20,22)/t17-/m1/s1. The molecule has 1 N–H and O–H groups in total. The summed E-state index contributed by atoms with van der Waals surface area (Å²) in [5.41, 5.74) is 0.855. The van der Waals surface area contributed by atoms with Crippen LogP contribution in [0.1, 0.15) is 19.4 Å². The second-order valence-corrected chi connectivity index (χ2v) is 6.62. The van der Waals surface area contributed by atoms with Gasteiger partial charge in [0.05, 0.1) is 33.9 Å². The average Bonchev–Trinajstić information content (AvgIpc) is 2.62. The largest absolute Gasteiger partial charge is 0.497 e. The number of ether oxygens (including phenoxy) is 3. The molecule has 1 aromatic rings. The van der Waals surface area contributed by atoms with Crippen molar-refractivity contribution in [1.82, 2.24) is 10.2 Å². The number of morpholine rings is 1. The number of carbonyl (C=O) groups is 1. The van der Waals surface area contributed by atoms with E-state index in [1.54, 1.807) is 20.3 Å². The Labute approximate surface area is 150 Å². The molecule has 0 aromatic heterocycles. The van der Waals surface area contributed by atoms with Gasteiger partial charge in [-0.2, -0.15) is 0 Å². The lowest BCUT2D eigenvalue weighted by Gasteiger charge is -2.36. The molecule has 0 aliphatic carbocycles. The molecule has 1 saturated heterocycles. The molecule has 0 saturated carbocycles. The van der Waals surface area contributed by atoms with Gasteiger partial charge in [-0.3, -0.25) is 9.69 Å². The Hall–Kier alpha value is -1.79. The second kappa shape index (κ2) is 9.63. The summed E-state index contributed by atoms with van der Waals surface area (Å²) in [4.78, 5) is 14.8. The molecular formula is C19H30N2O4. The van der Waals surface area contributed by atoms with Crippen molar-refractivity contribution in [2.75, 3.05) is 47.1 Å². The maximum absolute atomic E-state index is 12.4. The molecule has 25 heavy (non-hydrogen) atoms. The van der Waals surface area contributed by atoms with E-state index in [9.17, 15) is 4.79 Å². The Balaban J connectivity index is 1.92. The highest BCUT2D eigenvalue weighted by Gasteiger charge is 2.24. The maximum atomic E-state index is 12.4. The number of methoxy groups -OCH3 is 2. The lowest BCUT2D eigenvalue weighted by atomic mass is 10.0. The molecule has 6 heteroatoms. The topological polar surface area (TPSA) is 60.0 Å². The summed E-state index contributed by atoms with van der Waals surface area (Å²) in [6.07, 6.45) is 0.293. The van der Waals surface area contributed by atoms with E-state index in [4.69, 9.17) is 14.2 Å². The monoisotopic (exact) mass is 350 g/mol. The molecule has 2 rings (SSSR count). The van der Waals surface area contributed by atoms with Gasteiger partial charge in [0.25, 0.3) is 0 Å². The molecule has 1 heterocycles. The molecule has 0 bridgehead atoms. The normalized spacial score (nSPS) is 16.5. The lowest BCUT2D eigenvalue weighted by Crippen LogP contribution is -2.51. The lowest BCUT2D eigenvalue weighted by molar-refractivity contribution is -0.120. The molecular weight excluding hydrogens is 320 g/mol. The van der Waals surface area contributed by atoms with Crippen LogP contribution in [0.25, 0.3) is 0 Å². The van der Waals surface area contributed by atoms with Crippen molar-refractivity contribution in [3.05, 3.63) is 23.8 Å². The van der Waals surface area contributed by atoms with Gasteiger partial charge in [0.1, 0.15) is 11.5 Å². The minimum Gasteiger partial charge on any atom is -0.497 e. The van der Waals surface area contributed by atoms with E-state index in [2.05, 4.69) is 24.1 Å². The summed E-state index contributed by atoms with van der Waals surface area (Å²) in [6.45, 7) is 8.41. The second-order valence-electron chi connectivity index (χ2n) is 6.62. The van der Waals surface area contributed by atoms with Crippen molar-refractivity contribution in [3.8, 4) is 11.5 Å². The van der Waals surface area contributed by atoms with E-state index in [1.807, 2.05) is 12.1 Å². The van der Waals surface area contributed by atoms with Crippen LogP contribution in [0.4, 0.5) is 0 Å². The van der Waals surface area contributed by atoms with Crippen LogP contribution in [0.15, 0.2) is 18.2 Å². The van der Waals surface area contributed by atoms with Crippen LogP contribution in [0.5, 0.6) is 11.5 Å². The van der Waals surface area contributed by atoms with Crippen molar-refractivity contribution in [3.63, 3.8) is 0 Å². The fraction of sp³-hybridized carbons (Fsp3) is 0.632. The van der Waals surface area contributed by atoms with E-state index in [0.29, 0.717) is 36.4 Å². The Morgan fingerprint density at radius 1 is 1.24 bits per heavy atom. The van der Waals surface area contributed by atoms with Crippen molar-refractivity contribution in [2.45, 2.75) is 26.3 Å². The predicted octanol–water partition coefficient (Wildman–Crippen LogP) is 1.72.